The van der Waals surface area contributed by atoms with Gasteiger partial charge in [0.15, 0.2) is 11.6 Å². The van der Waals surface area contributed by atoms with Crippen LogP contribution in [-0.4, -0.2) is 7.11 Å². The van der Waals surface area contributed by atoms with Crippen LogP contribution in [0.25, 0.3) is 0 Å². The first-order chi connectivity index (χ1) is 10.0. The van der Waals surface area contributed by atoms with Gasteiger partial charge in [-0.15, -0.1) is 0 Å². The third kappa shape index (κ3) is 3.26. The fraction of sp³-hybridized carbons (Fsp3) is 0.133. The van der Waals surface area contributed by atoms with Crippen LogP contribution in [0.4, 0.5) is 18.9 Å². The normalized spacial score (nSPS) is 10.0. The van der Waals surface area contributed by atoms with Gasteiger partial charge in [0.1, 0.15) is 17.6 Å². The van der Waals surface area contributed by atoms with E-state index < -0.39 is 17.5 Å². The Balaban J connectivity index is 2.19. The van der Waals surface area contributed by atoms with Crippen LogP contribution in [-0.2, 0) is 6.54 Å². The van der Waals surface area contributed by atoms with Gasteiger partial charge in [-0.1, -0.05) is 6.07 Å². The van der Waals surface area contributed by atoms with E-state index in [9.17, 15) is 13.2 Å². The fourth-order valence-corrected chi connectivity index (χ4v) is 1.82. The summed E-state index contributed by atoms with van der Waals surface area (Å²) in [5.41, 5.74) is 0.773. The van der Waals surface area contributed by atoms with E-state index in [0.29, 0.717) is 22.9 Å². The van der Waals surface area contributed by atoms with E-state index in [4.69, 9.17) is 10.00 Å². The summed E-state index contributed by atoms with van der Waals surface area (Å²) in [4.78, 5) is 0. The maximum atomic E-state index is 13.5. The van der Waals surface area contributed by atoms with Gasteiger partial charge in [0.25, 0.3) is 0 Å². The number of nitriles is 1. The van der Waals surface area contributed by atoms with Crippen molar-refractivity contribution < 1.29 is 17.9 Å². The fourth-order valence-electron chi connectivity index (χ4n) is 1.82. The van der Waals surface area contributed by atoms with Crippen molar-refractivity contribution in [2.24, 2.45) is 0 Å². The van der Waals surface area contributed by atoms with Gasteiger partial charge in [0.2, 0.25) is 0 Å². The first kappa shape index (κ1) is 14.7. The second-order valence-electron chi connectivity index (χ2n) is 4.25. The second-order valence-corrected chi connectivity index (χ2v) is 4.25. The van der Waals surface area contributed by atoms with E-state index in [-0.39, 0.29) is 12.2 Å². The Morgan fingerprint density at radius 2 is 1.95 bits per heavy atom. The highest BCUT2D eigenvalue weighted by molar-refractivity contribution is 5.48. The average Bonchev–Trinajstić information content (AvgIpc) is 2.49. The van der Waals surface area contributed by atoms with Gasteiger partial charge in [-0.2, -0.15) is 5.26 Å². The standard InChI is InChI=1S/C15H11F3N2O/c1-21-14-4-9(2-3-10(14)7-19)8-20-13-6-11(16)5-12(17)15(13)18/h2-6,20H,8H2,1H3. The lowest BCUT2D eigenvalue weighted by Gasteiger charge is -2.10. The van der Waals surface area contributed by atoms with Crippen molar-refractivity contribution >= 4 is 5.69 Å². The maximum absolute atomic E-state index is 13.5. The number of nitrogens with one attached hydrogen (secondary N) is 1. The average molecular weight is 292 g/mol. The first-order valence-electron chi connectivity index (χ1n) is 6.00. The molecule has 0 aliphatic carbocycles. The molecule has 6 heteroatoms. The molecule has 0 saturated carbocycles. The summed E-state index contributed by atoms with van der Waals surface area (Å²) in [5.74, 6) is -2.89. The lowest BCUT2D eigenvalue weighted by atomic mass is 10.1. The molecule has 0 spiro atoms. The SMILES string of the molecule is COc1cc(CNc2cc(F)cc(F)c2F)ccc1C#N. The van der Waals surface area contributed by atoms with Gasteiger partial charge in [-0.05, 0) is 17.7 Å². The van der Waals surface area contributed by atoms with Crippen LogP contribution in [0.5, 0.6) is 5.75 Å². The second kappa shape index (κ2) is 6.18. The minimum Gasteiger partial charge on any atom is -0.495 e. The number of hydrogen-bond donors (Lipinski definition) is 1. The molecule has 0 amide bonds. The molecule has 0 unspecified atom stereocenters. The number of hydrogen-bond acceptors (Lipinski definition) is 3. The third-order valence-electron chi connectivity index (χ3n) is 2.86. The van der Waals surface area contributed by atoms with E-state index in [1.165, 1.54) is 7.11 Å². The highest BCUT2D eigenvalue weighted by Gasteiger charge is 2.11. The zero-order valence-electron chi connectivity index (χ0n) is 11.1. The molecule has 108 valence electrons. The number of methoxy groups -OCH3 is 1. The summed E-state index contributed by atoms with van der Waals surface area (Å²) in [6.07, 6.45) is 0. The molecule has 1 N–H and O–H groups in total. The number of halogens is 3. The summed E-state index contributed by atoms with van der Waals surface area (Å²) < 4.78 is 44.6. The molecule has 2 aromatic carbocycles. The summed E-state index contributed by atoms with van der Waals surface area (Å²) in [6, 6.07) is 8.11. The van der Waals surface area contributed by atoms with Gasteiger partial charge in [0, 0.05) is 18.7 Å². The van der Waals surface area contributed by atoms with Crippen molar-refractivity contribution in [3.05, 3.63) is 58.9 Å². The van der Waals surface area contributed by atoms with Gasteiger partial charge < -0.3 is 10.1 Å². The van der Waals surface area contributed by atoms with Crippen molar-refractivity contribution in [2.75, 3.05) is 12.4 Å². The first-order valence-corrected chi connectivity index (χ1v) is 6.00. The molecule has 0 aromatic heterocycles. The highest BCUT2D eigenvalue weighted by Crippen LogP contribution is 2.22. The van der Waals surface area contributed by atoms with Crippen LogP contribution >= 0.6 is 0 Å². The summed E-state index contributed by atoms with van der Waals surface area (Å²) >= 11 is 0. The summed E-state index contributed by atoms with van der Waals surface area (Å²) in [7, 11) is 1.43. The highest BCUT2D eigenvalue weighted by atomic mass is 19.2. The molecule has 0 aliphatic heterocycles. The molecule has 0 saturated heterocycles. The Bertz CT molecular complexity index is 711. The topological polar surface area (TPSA) is 45.0 Å². The van der Waals surface area contributed by atoms with Gasteiger partial charge >= 0.3 is 0 Å². The molecule has 3 nitrogen and oxygen atoms in total. The Morgan fingerprint density at radius 1 is 1.19 bits per heavy atom. The van der Waals surface area contributed by atoms with Crippen molar-refractivity contribution in [1.29, 1.82) is 5.26 Å². The molecule has 0 heterocycles. The van der Waals surface area contributed by atoms with Crippen molar-refractivity contribution in [2.45, 2.75) is 6.54 Å². The van der Waals surface area contributed by atoms with Gasteiger partial charge in [-0.25, -0.2) is 13.2 Å². The molecule has 2 rings (SSSR count). The van der Waals surface area contributed by atoms with Crippen LogP contribution in [0.15, 0.2) is 30.3 Å². The molecule has 0 radical (unpaired) electrons. The minimum absolute atomic E-state index is 0.127. The van der Waals surface area contributed by atoms with E-state index >= 15 is 0 Å². The van der Waals surface area contributed by atoms with Crippen molar-refractivity contribution in [3.8, 4) is 11.8 Å². The van der Waals surface area contributed by atoms with Crippen molar-refractivity contribution in [1.82, 2.24) is 0 Å². The lowest BCUT2D eigenvalue weighted by Crippen LogP contribution is -2.04. The zero-order valence-corrected chi connectivity index (χ0v) is 11.1. The van der Waals surface area contributed by atoms with Gasteiger partial charge in [-0.3, -0.25) is 0 Å². The Kier molecular flexibility index (Phi) is 4.33. The lowest BCUT2D eigenvalue weighted by molar-refractivity contribution is 0.413. The Morgan fingerprint density at radius 3 is 2.62 bits per heavy atom. The molecule has 0 atom stereocenters. The third-order valence-corrected chi connectivity index (χ3v) is 2.86. The number of ether oxygens (including phenoxy) is 1. The van der Waals surface area contributed by atoms with E-state index in [0.717, 1.165) is 6.07 Å². The van der Waals surface area contributed by atoms with E-state index in [2.05, 4.69) is 5.32 Å². The molecule has 2 aromatic rings. The molecular formula is C15H11F3N2O. The predicted octanol–water partition coefficient (Wildman–Crippen LogP) is 3.60. The predicted molar refractivity (Wildman–Crippen MR) is 71.4 cm³/mol. The number of benzene rings is 2. The van der Waals surface area contributed by atoms with E-state index in [1.807, 2.05) is 6.07 Å². The van der Waals surface area contributed by atoms with Crippen LogP contribution in [0, 0.1) is 28.8 Å². The molecule has 21 heavy (non-hydrogen) atoms. The quantitative estimate of drug-likeness (QED) is 0.876. The summed E-state index contributed by atoms with van der Waals surface area (Å²) in [6.45, 7) is 0.127. The number of rotatable bonds is 4. The van der Waals surface area contributed by atoms with Crippen LogP contribution in [0.1, 0.15) is 11.1 Å². The molecular weight excluding hydrogens is 281 g/mol. The number of anilines is 1. The smallest absolute Gasteiger partial charge is 0.182 e. The van der Waals surface area contributed by atoms with Crippen molar-refractivity contribution in [3.63, 3.8) is 0 Å². The molecule has 0 fully saturated rings. The zero-order chi connectivity index (χ0) is 15.4. The minimum atomic E-state index is -1.25. The Labute approximate surface area is 119 Å². The van der Waals surface area contributed by atoms with E-state index in [1.54, 1.807) is 18.2 Å². The molecule has 0 bridgehead atoms. The van der Waals surface area contributed by atoms with Crippen LogP contribution < -0.4 is 10.1 Å². The van der Waals surface area contributed by atoms with Crippen LogP contribution in [0.2, 0.25) is 0 Å². The maximum Gasteiger partial charge on any atom is 0.182 e. The monoisotopic (exact) mass is 292 g/mol. The molecule has 0 aliphatic rings. The largest absolute Gasteiger partial charge is 0.495 e. The van der Waals surface area contributed by atoms with Crippen LogP contribution in [0.3, 0.4) is 0 Å². The van der Waals surface area contributed by atoms with Gasteiger partial charge in [0.05, 0.1) is 18.4 Å². The number of nitrogens with zero attached hydrogens (tertiary/aromatic N) is 1. The summed E-state index contributed by atoms with van der Waals surface area (Å²) in [5, 5.41) is 11.5. The Hall–Kier alpha value is -2.68.